The van der Waals surface area contributed by atoms with Crippen LogP contribution in [0.15, 0.2) is 36.4 Å². The van der Waals surface area contributed by atoms with Crippen LogP contribution in [0.5, 0.6) is 0 Å². The Labute approximate surface area is 117 Å². The summed E-state index contributed by atoms with van der Waals surface area (Å²) in [6, 6.07) is 9.17. The standard InChI is InChI=1S/C15H17NO4/c1-20-10-9-15(19)16-11-14(18)13(17)8-7-12-5-3-2-4-6-12/h2-8H,9-11H2,1H3,(H,16,19)/b8-7+. The topological polar surface area (TPSA) is 72.5 Å². The Morgan fingerprint density at radius 2 is 1.90 bits per heavy atom. The number of Topliss-reactive ketones (excluding diaryl/α,β-unsaturated/α-hetero) is 1. The molecule has 0 heterocycles. The van der Waals surface area contributed by atoms with Gasteiger partial charge in [-0.1, -0.05) is 36.4 Å². The highest BCUT2D eigenvalue weighted by atomic mass is 16.5. The van der Waals surface area contributed by atoms with Crippen LogP contribution in [0.2, 0.25) is 0 Å². The highest BCUT2D eigenvalue weighted by Gasteiger charge is 2.11. The van der Waals surface area contributed by atoms with E-state index in [0.29, 0.717) is 0 Å². The first-order valence-electron chi connectivity index (χ1n) is 6.19. The fraction of sp³-hybridized carbons (Fsp3) is 0.267. The number of ketones is 2. The second-order valence-electron chi connectivity index (χ2n) is 4.05. The van der Waals surface area contributed by atoms with Crippen molar-refractivity contribution in [3.63, 3.8) is 0 Å². The number of allylic oxidation sites excluding steroid dienone is 1. The Hall–Kier alpha value is -2.27. The van der Waals surface area contributed by atoms with Gasteiger partial charge in [-0.25, -0.2) is 0 Å². The molecule has 5 heteroatoms. The molecule has 0 bridgehead atoms. The van der Waals surface area contributed by atoms with Crippen LogP contribution in [-0.2, 0) is 19.1 Å². The molecule has 20 heavy (non-hydrogen) atoms. The molecular formula is C15H17NO4. The van der Waals surface area contributed by atoms with E-state index in [1.54, 1.807) is 6.08 Å². The summed E-state index contributed by atoms with van der Waals surface area (Å²) in [4.78, 5) is 34.3. The lowest BCUT2D eigenvalue weighted by molar-refractivity contribution is -0.134. The second-order valence-corrected chi connectivity index (χ2v) is 4.05. The number of amides is 1. The monoisotopic (exact) mass is 275 g/mol. The maximum absolute atomic E-state index is 11.5. The molecule has 1 N–H and O–H groups in total. The minimum atomic E-state index is -0.650. The van der Waals surface area contributed by atoms with Crippen molar-refractivity contribution in [1.82, 2.24) is 5.32 Å². The number of methoxy groups -OCH3 is 1. The van der Waals surface area contributed by atoms with Crippen molar-refractivity contribution in [2.75, 3.05) is 20.3 Å². The molecule has 0 saturated carbocycles. The molecule has 0 fully saturated rings. The number of carbonyl (C=O) groups is 3. The van der Waals surface area contributed by atoms with E-state index < -0.39 is 11.6 Å². The highest BCUT2D eigenvalue weighted by Crippen LogP contribution is 2.00. The van der Waals surface area contributed by atoms with Crippen molar-refractivity contribution in [1.29, 1.82) is 0 Å². The first-order chi connectivity index (χ1) is 9.63. The van der Waals surface area contributed by atoms with Gasteiger partial charge in [0, 0.05) is 13.5 Å². The largest absolute Gasteiger partial charge is 0.384 e. The minimum Gasteiger partial charge on any atom is -0.384 e. The minimum absolute atomic E-state index is 0.165. The van der Waals surface area contributed by atoms with Crippen LogP contribution >= 0.6 is 0 Å². The van der Waals surface area contributed by atoms with Crippen LogP contribution in [-0.4, -0.2) is 37.7 Å². The zero-order chi connectivity index (χ0) is 14.8. The van der Waals surface area contributed by atoms with Crippen LogP contribution in [0.25, 0.3) is 6.08 Å². The van der Waals surface area contributed by atoms with Gasteiger partial charge in [0.2, 0.25) is 17.5 Å². The van der Waals surface area contributed by atoms with E-state index in [9.17, 15) is 14.4 Å². The third kappa shape index (κ3) is 6.06. The predicted octanol–water partition coefficient (Wildman–Crippen LogP) is 0.991. The van der Waals surface area contributed by atoms with Gasteiger partial charge in [-0.05, 0) is 11.6 Å². The fourth-order valence-electron chi connectivity index (χ4n) is 1.38. The Balaban J connectivity index is 2.38. The maximum Gasteiger partial charge on any atom is 0.223 e. The van der Waals surface area contributed by atoms with Gasteiger partial charge in [0.05, 0.1) is 13.2 Å². The molecule has 106 valence electrons. The van der Waals surface area contributed by atoms with E-state index >= 15 is 0 Å². The highest BCUT2D eigenvalue weighted by molar-refractivity contribution is 6.43. The lowest BCUT2D eigenvalue weighted by atomic mass is 10.1. The zero-order valence-electron chi connectivity index (χ0n) is 11.3. The Bertz CT molecular complexity index is 494. The fourth-order valence-corrected chi connectivity index (χ4v) is 1.38. The number of benzene rings is 1. The Morgan fingerprint density at radius 3 is 2.55 bits per heavy atom. The molecule has 0 aliphatic carbocycles. The summed E-state index contributed by atoms with van der Waals surface area (Å²) < 4.78 is 4.73. The van der Waals surface area contributed by atoms with Crippen LogP contribution in [0.4, 0.5) is 0 Å². The van der Waals surface area contributed by atoms with Crippen molar-refractivity contribution >= 4 is 23.5 Å². The van der Waals surface area contributed by atoms with E-state index in [-0.39, 0.29) is 25.5 Å². The van der Waals surface area contributed by atoms with Gasteiger partial charge in [-0.3, -0.25) is 14.4 Å². The lowest BCUT2D eigenvalue weighted by Crippen LogP contribution is -2.33. The van der Waals surface area contributed by atoms with E-state index in [4.69, 9.17) is 4.74 Å². The average Bonchev–Trinajstić information content (AvgIpc) is 2.49. The quantitative estimate of drug-likeness (QED) is 0.567. The molecular weight excluding hydrogens is 258 g/mol. The number of ether oxygens (including phenoxy) is 1. The summed E-state index contributed by atoms with van der Waals surface area (Å²) in [7, 11) is 1.48. The van der Waals surface area contributed by atoms with Gasteiger partial charge in [-0.2, -0.15) is 0 Å². The average molecular weight is 275 g/mol. The third-order valence-corrected chi connectivity index (χ3v) is 2.48. The predicted molar refractivity (Wildman–Crippen MR) is 75.0 cm³/mol. The van der Waals surface area contributed by atoms with Gasteiger partial charge in [0.1, 0.15) is 0 Å². The number of nitrogens with one attached hydrogen (secondary N) is 1. The molecule has 0 aromatic heterocycles. The van der Waals surface area contributed by atoms with Crippen LogP contribution in [0.1, 0.15) is 12.0 Å². The summed E-state index contributed by atoms with van der Waals surface area (Å²) in [6.07, 6.45) is 2.93. The molecule has 0 spiro atoms. The van der Waals surface area contributed by atoms with Crippen LogP contribution < -0.4 is 5.32 Å². The summed E-state index contributed by atoms with van der Waals surface area (Å²) >= 11 is 0. The summed E-state index contributed by atoms with van der Waals surface area (Å²) in [5.41, 5.74) is 0.831. The second kappa shape index (κ2) is 8.77. The van der Waals surface area contributed by atoms with E-state index in [0.717, 1.165) is 5.56 Å². The smallest absolute Gasteiger partial charge is 0.223 e. The van der Waals surface area contributed by atoms with Crippen LogP contribution in [0.3, 0.4) is 0 Å². The first-order valence-corrected chi connectivity index (χ1v) is 6.19. The van der Waals surface area contributed by atoms with Gasteiger partial charge in [-0.15, -0.1) is 0 Å². The molecule has 5 nitrogen and oxygen atoms in total. The summed E-state index contributed by atoms with van der Waals surface area (Å²) in [5, 5.41) is 2.37. The van der Waals surface area contributed by atoms with Gasteiger partial charge in [0.15, 0.2) is 0 Å². The molecule has 0 aliphatic heterocycles. The SMILES string of the molecule is COCCC(=O)NCC(=O)C(=O)/C=C/c1ccccc1. The van der Waals surface area contributed by atoms with Crippen molar-refractivity contribution in [3.05, 3.63) is 42.0 Å². The molecule has 0 atom stereocenters. The zero-order valence-corrected chi connectivity index (χ0v) is 11.3. The molecule has 1 rings (SSSR count). The third-order valence-electron chi connectivity index (χ3n) is 2.48. The molecule has 1 amide bonds. The Kier molecular flexibility index (Phi) is 6.92. The number of carbonyl (C=O) groups excluding carboxylic acids is 3. The summed E-state index contributed by atoms with van der Waals surface area (Å²) in [5.74, 6) is -1.61. The van der Waals surface area contributed by atoms with Crippen LogP contribution in [0, 0.1) is 0 Å². The van der Waals surface area contributed by atoms with Gasteiger partial charge in [0.25, 0.3) is 0 Å². The van der Waals surface area contributed by atoms with Crippen molar-refractivity contribution < 1.29 is 19.1 Å². The Morgan fingerprint density at radius 1 is 1.20 bits per heavy atom. The maximum atomic E-state index is 11.5. The molecule has 0 aliphatic rings. The van der Waals surface area contributed by atoms with Gasteiger partial charge >= 0.3 is 0 Å². The van der Waals surface area contributed by atoms with E-state index in [1.165, 1.54) is 13.2 Å². The molecule has 1 aromatic rings. The van der Waals surface area contributed by atoms with Gasteiger partial charge < -0.3 is 10.1 Å². The van der Waals surface area contributed by atoms with Crippen molar-refractivity contribution in [2.45, 2.75) is 6.42 Å². The van der Waals surface area contributed by atoms with Crippen molar-refractivity contribution in [2.24, 2.45) is 0 Å². The van der Waals surface area contributed by atoms with E-state index in [2.05, 4.69) is 5.32 Å². The molecule has 0 radical (unpaired) electrons. The van der Waals surface area contributed by atoms with E-state index in [1.807, 2.05) is 30.3 Å². The first kappa shape index (κ1) is 15.8. The molecule has 1 aromatic carbocycles. The number of hydrogen-bond acceptors (Lipinski definition) is 4. The number of rotatable bonds is 8. The normalized spacial score (nSPS) is 10.4. The lowest BCUT2D eigenvalue weighted by Gasteiger charge is -2.02. The van der Waals surface area contributed by atoms with Crippen molar-refractivity contribution in [3.8, 4) is 0 Å². The molecule has 0 saturated heterocycles. The summed E-state index contributed by atoms with van der Waals surface area (Å²) in [6.45, 7) is -0.0115. The number of hydrogen-bond donors (Lipinski definition) is 1. The molecule has 0 unspecified atom stereocenters.